The van der Waals surface area contributed by atoms with Crippen LogP contribution in [0.25, 0.3) is 0 Å². The van der Waals surface area contributed by atoms with Crippen LogP contribution in [0.1, 0.15) is 11.4 Å². The van der Waals surface area contributed by atoms with Crippen LogP contribution in [0.15, 0.2) is 40.5 Å². The molecule has 12 heteroatoms. The van der Waals surface area contributed by atoms with E-state index in [0.717, 1.165) is 40.4 Å². The Morgan fingerprint density at radius 2 is 2.04 bits per heavy atom. The number of halogens is 1. The van der Waals surface area contributed by atoms with E-state index in [-0.39, 0.29) is 4.87 Å². The second-order valence-corrected chi connectivity index (χ2v) is 8.85. The van der Waals surface area contributed by atoms with Crippen molar-refractivity contribution >= 4 is 46.5 Å². The number of thioether (sulfide) groups is 2. The van der Waals surface area contributed by atoms with Gasteiger partial charge in [0.05, 0.1) is 15.6 Å². The molecule has 0 fully saturated rings. The lowest BCUT2D eigenvalue weighted by molar-refractivity contribution is -0.404. The quantitative estimate of drug-likeness (QED) is 0.237. The molecule has 2 rings (SSSR count). The zero-order chi connectivity index (χ0) is 20.2. The van der Waals surface area contributed by atoms with Gasteiger partial charge in [0.15, 0.2) is 5.82 Å². The molecule has 0 aliphatic rings. The number of aromatic nitrogens is 2. The number of hydrogen-bond donors (Lipinski definition) is 3. The summed E-state index contributed by atoms with van der Waals surface area (Å²) in [6, 6.07) is 3.59. The fourth-order valence-corrected chi connectivity index (χ4v) is 4.57. The predicted molar refractivity (Wildman–Crippen MR) is 118 cm³/mol. The predicted octanol–water partition coefficient (Wildman–Crippen LogP) is 2.91. The number of aromatic amines is 1. The maximum atomic E-state index is 11.1. The van der Waals surface area contributed by atoms with E-state index in [2.05, 4.69) is 20.6 Å². The highest BCUT2D eigenvalue weighted by Crippen LogP contribution is 2.18. The topological polar surface area (TPSA) is 113 Å². The molecule has 0 atom stereocenters. The summed E-state index contributed by atoms with van der Waals surface area (Å²) < 4.78 is 0. The molecule has 0 aromatic carbocycles. The Balaban J connectivity index is 1.63. The minimum atomic E-state index is -0.487. The number of H-pyrrole nitrogens is 1. The molecule has 0 saturated heterocycles. The highest BCUT2D eigenvalue weighted by Gasteiger charge is 2.04. The van der Waals surface area contributed by atoms with Crippen LogP contribution in [0.5, 0.6) is 0 Å². The first-order chi connectivity index (χ1) is 13.5. The first-order valence-corrected chi connectivity index (χ1v) is 11.9. The van der Waals surface area contributed by atoms with Gasteiger partial charge < -0.3 is 15.6 Å². The summed E-state index contributed by atoms with van der Waals surface area (Å²) in [5, 5.41) is 19.3. The Morgan fingerprint density at radius 3 is 2.64 bits per heavy atom. The van der Waals surface area contributed by atoms with Gasteiger partial charge in [-0.15, -0.1) is 0 Å². The van der Waals surface area contributed by atoms with Crippen molar-refractivity contribution in [3.8, 4) is 0 Å². The van der Waals surface area contributed by atoms with E-state index in [1.807, 2.05) is 0 Å². The number of pyridine rings is 1. The molecular weight excluding hydrogens is 442 g/mol. The van der Waals surface area contributed by atoms with Gasteiger partial charge >= 0.3 is 4.87 Å². The molecule has 8 nitrogen and oxygen atoms in total. The normalized spacial score (nSPS) is 11.4. The molecule has 28 heavy (non-hydrogen) atoms. The Kier molecular flexibility index (Phi) is 10.3. The van der Waals surface area contributed by atoms with E-state index in [1.54, 1.807) is 47.2 Å². The maximum absolute atomic E-state index is 11.1. The van der Waals surface area contributed by atoms with Gasteiger partial charge in [0.2, 0.25) is 0 Å². The first-order valence-electron chi connectivity index (χ1n) is 8.29. The van der Waals surface area contributed by atoms with Crippen molar-refractivity contribution < 1.29 is 4.92 Å². The summed E-state index contributed by atoms with van der Waals surface area (Å²) in [6.07, 6.45) is 2.64. The zero-order valence-electron chi connectivity index (χ0n) is 14.9. The van der Waals surface area contributed by atoms with Crippen LogP contribution in [0.3, 0.4) is 0 Å². The summed E-state index contributed by atoms with van der Waals surface area (Å²) in [6.45, 7) is 1.15. The number of thiazole rings is 1. The molecule has 0 amide bonds. The molecule has 0 radical (unpaired) electrons. The molecule has 2 aromatic heterocycles. The van der Waals surface area contributed by atoms with Crippen molar-refractivity contribution in [2.24, 2.45) is 0 Å². The van der Waals surface area contributed by atoms with E-state index in [9.17, 15) is 14.9 Å². The summed E-state index contributed by atoms with van der Waals surface area (Å²) in [5.41, 5.74) is 1.72. The second-order valence-electron chi connectivity index (χ2n) is 5.39. The van der Waals surface area contributed by atoms with Crippen LogP contribution in [-0.4, -0.2) is 39.5 Å². The molecule has 0 aliphatic carbocycles. The van der Waals surface area contributed by atoms with Crippen molar-refractivity contribution in [2.75, 3.05) is 24.6 Å². The summed E-state index contributed by atoms with van der Waals surface area (Å²) in [5.74, 6) is 3.27. The largest absolute Gasteiger partial charge is 0.366 e. The lowest BCUT2D eigenvalue weighted by Gasteiger charge is -2.11. The Labute approximate surface area is 179 Å². The van der Waals surface area contributed by atoms with Crippen LogP contribution >= 0.6 is 46.5 Å². The maximum Gasteiger partial charge on any atom is 0.304 e. The van der Waals surface area contributed by atoms with E-state index < -0.39 is 4.92 Å². The summed E-state index contributed by atoms with van der Waals surface area (Å²) in [4.78, 5) is 28.3. The van der Waals surface area contributed by atoms with E-state index in [4.69, 9.17) is 11.6 Å². The highest BCUT2D eigenvalue weighted by molar-refractivity contribution is 7.98. The third kappa shape index (κ3) is 9.00. The lowest BCUT2D eigenvalue weighted by atomic mass is 10.4. The molecule has 2 aromatic rings. The van der Waals surface area contributed by atoms with Gasteiger partial charge in [-0.25, -0.2) is 0 Å². The van der Waals surface area contributed by atoms with E-state index in [1.165, 1.54) is 0 Å². The van der Waals surface area contributed by atoms with Crippen LogP contribution < -0.4 is 15.5 Å². The standard InChI is InChI=1S/C16H20ClN5O3S3/c17-13-2-1-3-18-14(13)11-27-7-5-20-15(8-22(24)25)19-4-6-26-9-12-10-28-16(23)21-12/h1-3,8,10,19-20H,4-7,9,11H2,(H,21,23). The van der Waals surface area contributed by atoms with Crippen LogP contribution in [0.4, 0.5) is 0 Å². The zero-order valence-corrected chi connectivity index (χ0v) is 18.1. The van der Waals surface area contributed by atoms with Crippen molar-refractivity contribution in [3.63, 3.8) is 0 Å². The van der Waals surface area contributed by atoms with Crippen molar-refractivity contribution in [1.29, 1.82) is 0 Å². The minimum absolute atomic E-state index is 0.0580. The molecule has 0 unspecified atom stereocenters. The third-order valence-corrected chi connectivity index (χ3v) is 6.30. The average Bonchev–Trinajstić information content (AvgIpc) is 3.07. The fourth-order valence-electron chi connectivity index (χ4n) is 2.04. The molecule has 0 aliphatic heterocycles. The monoisotopic (exact) mass is 461 g/mol. The molecule has 152 valence electrons. The number of nitrogens with one attached hydrogen (secondary N) is 3. The lowest BCUT2D eigenvalue weighted by Crippen LogP contribution is -2.30. The van der Waals surface area contributed by atoms with Crippen LogP contribution in [0, 0.1) is 10.1 Å². The number of hydrogen-bond acceptors (Lipinski definition) is 9. The molecule has 0 bridgehead atoms. The van der Waals surface area contributed by atoms with Crippen LogP contribution in [-0.2, 0) is 11.5 Å². The van der Waals surface area contributed by atoms with E-state index in [0.29, 0.717) is 35.4 Å². The Bertz CT molecular complexity index is 843. The SMILES string of the molecule is O=c1[nH]c(CSCCNC(=C[N+](=O)[O-])NCCSCc2ncccc2Cl)cs1. The summed E-state index contributed by atoms with van der Waals surface area (Å²) in [7, 11) is 0. The van der Waals surface area contributed by atoms with Gasteiger partial charge in [0, 0.05) is 53.4 Å². The highest BCUT2D eigenvalue weighted by atomic mass is 35.5. The van der Waals surface area contributed by atoms with Gasteiger partial charge in [-0.05, 0) is 12.1 Å². The Hall–Kier alpha value is -1.69. The van der Waals surface area contributed by atoms with Gasteiger partial charge in [0.1, 0.15) is 0 Å². The molecule has 3 N–H and O–H groups in total. The third-order valence-electron chi connectivity index (χ3n) is 3.26. The average molecular weight is 462 g/mol. The van der Waals surface area contributed by atoms with E-state index >= 15 is 0 Å². The Morgan fingerprint density at radius 1 is 1.32 bits per heavy atom. The fraction of sp³-hybridized carbons (Fsp3) is 0.375. The van der Waals surface area contributed by atoms with Crippen molar-refractivity contribution in [1.82, 2.24) is 20.6 Å². The smallest absolute Gasteiger partial charge is 0.304 e. The van der Waals surface area contributed by atoms with Gasteiger partial charge in [-0.3, -0.25) is 19.9 Å². The van der Waals surface area contributed by atoms with Gasteiger partial charge in [-0.2, -0.15) is 23.5 Å². The molecule has 0 saturated carbocycles. The first kappa shape index (κ1) is 22.6. The van der Waals surface area contributed by atoms with Gasteiger partial charge in [-0.1, -0.05) is 22.9 Å². The summed E-state index contributed by atoms with van der Waals surface area (Å²) >= 11 is 10.5. The number of rotatable bonds is 13. The minimum Gasteiger partial charge on any atom is -0.366 e. The number of nitrogens with zero attached hydrogens (tertiary/aromatic N) is 2. The van der Waals surface area contributed by atoms with Crippen LogP contribution in [0.2, 0.25) is 5.02 Å². The van der Waals surface area contributed by atoms with Crippen molar-refractivity contribution in [3.05, 3.63) is 71.9 Å². The van der Waals surface area contributed by atoms with Gasteiger partial charge in [0.25, 0.3) is 6.20 Å². The molecule has 0 spiro atoms. The molecule has 2 heterocycles. The molecular formula is C16H20ClN5O3S3. The second kappa shape index (κ2) is 12.7. The van der Waals surface area contributed by atoms with Crippen molar-refractivity contribution in [2.45, 2.75) is 11.5 Å². The number of nitro groups is 1.